The summed E-state index contributed by atoms with van der Waals surface area (Å²) in [6.07, 6.45) is 5.39. The number of nitrogens with one attached hydrogen (secondary N) is 2. The van der Waals surface area contributed by atoms with Crippen molar-refractivity contribution in [3.63, 3.8) is 0 Å². The summed E-state index contributed by atoms with van der Waals surface area (Å²) in [7, 11) is 0. The van der Waals surface area contributed by atoms with E-state index in [2.05, 4.69) is 28.5 Å². The normalized spacial score (nSPS) is 11.1. The summed E-state index contributed by atoms with van der Waals surface area (Å²) >= 11 is 0. The lowest BCUT2D eigenvalue weighted by Gasteiger charge is -2.29. The highest BCUT2D eigenvalue weighted by Crippen LogP contribution is 2.10. The molecule has 22 heavy (non-hydrogen) atoms. The summed E-state index contributed by atoms with van der Waals surface area (Å²) in [5.41, 5.74) is -1.50. The van der Waals surface area contributed by atoms with Crippen molar-refractivity contribution in [2.45, 2.75) is 38.8 Å². The Hall–Kier alpha value is -2.37. The monoisotopic (exact) mass is 304 g/mol. The number of rotatable bonds is 3. The molecule has 1 rings (SSSR count). The minimum absolute atomic E-state index is 0.273. The molecule has 0 aromatic heterocycles. The van der Waals surface area contributed by atoms with Crippen LogP contribution < -0.4 is 10.6 Å². The van der Waals surface area contributed by atoms with Crippen LogP contribution in [0.3, 0.4) is 0 Å². The van der Waals surface area contributed by atoms with E-state index in [1.807, 2.05) is 13.8 Å². The van der Waals surface area contributed by atoms with Crippen LogP contribution in [0.15, 0.2) is 18.2 Å². The second-order valence-electron chi connectivity index (χ2n) is 5.85. The van der Waals surface area contributed by atoms with Crippen molar-refractivity contribution in [3.05, 3.63) is 35.4 Å². The van der Waals surface area contributed by atoms with E-state index in [9.17, 15) is 13.6 Å². The average molecular weight is 304 g/mol. The van der Waals surface area contributed by atoms with Crippen LogP contribution in [0.1, 0.15) is 38.1 Å². The first-order valence-corrected chi connectivity index (χ1v) is 6.61. The molecule has 116 valence electrons. The van der Waals surface area contributed by atoms with Gasteiger partial charge in [0.15, 0.2) is 0 Å². The van der Waals surface area contributed by atoms with E-state index < -0.39 is 28.6 Å². The molecule has 0 saturated heterocycles. The summed E-state index contributed by atoms with van der Waals surface area (Å²) < 4.78 is 26.2. The molecular formula is C17H18F2N2O. The van der Waals surface area contributed by atoms with Gasteiger partial charge in [0.05, 0.1) is 16.6 Å². The third-order valence-corrected chi connectivity index (χ3v) is 2.71. The number of benzene rings is 1. The number of carbonyl (C=O) groups is 1. The fraction of sp³-hybridized carbons (Fsp3) is 0.353. The molecule has 0 aliphatic carbocycles. The number of amides is 1. The lowest BCUT2D eigenvalue weighted by atomic mass is 9.99. The van der Waals surface area contributed by atoms with Crippen molar-refractivity contribution in [1.82, 2.24) is 10.6 Å². The molecule has 1 aromatic rings. The molecule has 0 heterocycles. The van der Waals surface area contributed by atoms with Crippen molar-refractivity contribution in [1.29, 1.82) is 0 Å². The maximum atomic E-state index is 13.4. The zero-order valence-corrected chi connectivity index (χ0v) is 13.0. The van der Waals surface area contributed by atoms with E-state index in [4.69, 9.17) is 6.42 Å². The number of terminal acetylenes is 1. The predicted molar refractivity (Wildman–Crippen MR) is 81.7 cm³/mol. The topological polar surface area (TPSA) is 41.1 Å². The van der Waals surface area contributed by atoms with Gasteiger partial charge < -0.3 is 0 Å². The van der Waals surface area contributed by atoms with E-state index >= 15 is 0 Å². The molecule has 0 unspecified atom stereocenters. The first-order chi connectivity index (χ1) is 10.1. The van der Waals surface area contributed by atoms with E-state index in [-0.39, 0.29) is 5.56 Å². The third kappa shape index (κ3) is 5.20. The van der Waals surface area contributed by atoms with E-state index in [0.29, 0.717) is 6.07 Å². The van der Waals surface area contributed by atoms with Crippen LogP contribution in [0.2, 0.25) is 0 Å². The van der Waals surface area contributed by atoms with Gasteiger partial charge in [-0.25, -0.2) is 8.78 Å². The first kappa shape index (κ1) is 17.7. The van der Waals surface area contributed by atoms with Crippen LogP contribution in [0.4, 0.5) is 8.78 Å². The molecule has 0 saturated carbocycles. The van der Waals surface area contributed by atoms with Gasteiger partial charge in [0.2, 0.25) is 0 Å². The van der Waals surface area contributed by atoms with Gasteiger partial charge >= 0.3 is 0 Å². The number of halogens is 2. The summed E-state index contributed by atoms with van der Waals surface area (Å²) in [6.45, 7) is 7.24. The Bertz CT molecular complexity index is 676. The Labute approximate surface area is 129 Å². The van der Waals surface area contributed by atoms with Gasteiger partial charge in [0.25, 0.3) is 5.91 Å². The Morgan fingerprint density at radius 2 is 1.82 bits per heavy atom. The Kier molecular flexibility index (Phi) is 5.30. The van der Waals surface area contributed by atoms with Gasteiger partial charge in [-0.2, -0.15) is 0 Å². The van der Waals surface area contributed by atoms with Crippen molar-refractivity contribution in [2.24, 2.45) is 0 Å². The maximum Gasteiger partial charge on any atom is 0.265 e. The van der Waals surface area contributed by atoms with Crippen LogP contribution >= 0.6 is 0 Å². The summed E-state index contributed by atoms with van der Waals surface area (Å²) in [5.74, 6) is 2.95. The molecule has 1 aromatic carbocycles. The van der Waals surface area contributed by atoms with Crippen LogP contribution in [0.25, 0.3) is 0 Å². The lowest BCUT2D eigenvalue weighted by molar-refractivity contribution is 0.0969. The van der Waals surface area contributed by atoms with Gasteiger partial charge in [-0.1, -0.05) is 11.8 Å². The van der Waals surface area contributed by atoms with Gasteiger partial charge in [0, 0.05) is 12.1 Å². The third-order valence-electron chi connectivity index (χ3n) is 2.71. The zero-order valence-electron chi connectivity index (χ0n) is 13.0. The lowest BCUT2D eigenvalue weighted by Crippen LogP contribution is -2.50. The molecule has 0 fully saturated rings. The predicted octanol–water partition coefficient (Wildman–Crippen LogP) is 2.44. The molecule has 1 amide bonds. The second-order valence-corrected chi connectivity index (χ2v) is 5.85. The number of carbonyl (C=O) groups excluding carboxylic acids is 1. The zero-order chi connectivity index (χ0) is 17.0. The maximum absolute atomic E-state index is 13.4. The van der Waals surface area contributed by atoms with Crippen molar-refractivity contribution in [3.8, 4) is 24.3 Å². The van der Waals surface area contributed by atoms with Gasteiger partial charge in [-0.3, -0.25) is 15.4 Å². The van der Waals surface area contributed by atoms with Crippen molar-refractivity contribution >= 4 is 5.91 Å². The minimum Gasteiger partial charge on any atom is -0.286 e. The molecular weight excluding hydrogens is 286 g/mol. The Morgan fingerprint density at radius 3 is 2.36 bits per heavy atom. The number of hydrogen-bond donors (Lipinski definition) is 2. The molecule has 0 bridgehead atoms. The van der Waals surface area contributed by atoms with Gasteiger partial charge in [-0.15, -0.1) is 6.42 Å². The minimum atomic E-state index is -0.940. The molecule has 0 aliphatic heterocycles. The quantitative estimate of drug-likeness (QED) is 0.665. The second kappa shape index (κ2) is 6.60. The molecule has 0 radical (unpaired) electrons. The fourth-order valence-electron chi connectivity index (χ4n) is 1.83. The van der Waals surface area contributed by atoms with E-state index in [1.165, 1.54) is 0 Å². The Morgan fingerprint density at radius 1 is 1.18 bits per heavy atom. The Balaban J connectivity index is 2.78. The van der Waals surface area contributed by atoms with Gasteiger partial charge in [-0.05, 0) is 39.8 Å². The average Bonchev–Trinajstić information content (AvgIpc) is 2.37. The van der Waals surface area contributed by atoms with Gasteiger partial charge in [0.1, 0.15) is 11.6 Å². The smallest absolute Gasteiger partial charge is 0.265 e. The summed E-state index contributed by atoms with van der Waals surface area (Å²) in [6, 6.07) is 5.18. The molecule has 3 nitrogen and oxygen atoms in total. The standard InChI is InChI=1S/C17H18F2N2O/c1-6-16(2,3)21-17(4,5)9-10-20-15(22)13-8-7-12(18)11-14(13)19/h1,7-8,11,21H,2-5H3,(H,20,22). The first-order valence-electron chi connectivity index (χ1n) is 6.61. The van der Waals surface area contributed by atoms with Crippen LogP contribution in [0.5, 0.6) is 0 Å². The highest BCUT2D eigenvalue weighted by Gasteiger charge is 2.24. The number of hydrogen-bond acceptors (Lipinski definition) is 2. The SMILES string of the molecule is C#CC(C)(C)NC(C)(C)C#CNC(=O)c1ccc(F)cc1F. The molecule has 2 N–H and O–H groups in total. The molecule has 0 atom stereocenters. The summed E-state index contributed by atoms with van der Waals surface area (Å²) in [5, 5.41) is 5.39. The van der Waals surface area contributed by atoms with Crippen molar-refractivity contribution in [2.75, 3.05) is 0 Å². The highest BCUT2D eigenvalue weighted by atomic mass is 19.1. The van der Waals surface area contributed by atoms with Crippen molar-refractivity contribution < 1.29 is 13.6 Å². The van der Waals surface area contributed by atoms with Crippen LogP contribution in [-0.2, 0) is 0 Å². The van der Waals surface area contributed by atoms with Crippen LogP contribution in [-0.4, -0.2) is 17.0 Å². The highest BCUT2D eigenvalue weighted by molar-refractivity contribution is 5.95. The van der Waals surface area contributed by atoms with Crippen LogP contribution in [0, 0.1) is 35.9 Å². The largest absolute Gasteiger partial charge is 0.286 e. The van der Waals surface area contributed by atoms with E-state index in [0.717, 1.165) is 12.1 Å². The molecule has 0 spiro atoms. The fourth-order valence-corrected chi connectivity index (χ4v) is 1.83. The van der Waals surface area contributed by atoms with E-state index in [1.54, 1.807) is 13.8 Å². The summed E-state index contributed by atoms with van der Waals surface area (Å²) in [4.78, 5) is 11.8. The molecule has 5 heteroatoms. The molecule has 0 aliphatic rings.